The molecule has 0 saturated carbocycles. The van der Waals surface area contributed by atoms with Crippen LogP contribution in [0.4, 0.5) is 10.2 Å². The van der Waals surface area contributed by atoms with Crippen molar-refractivity contribution in [1.29, 1.82) is 0 Å². The zero-order chi connectivity index (χ0) is 19.1. The van der Waals surface area contributed by atoms with Crippen molar-refractivity contribution in [3.63, 3.8) is 0 Å². The van der Waals surface area contributed by atoms with Gasteiger partial charge >= 0.3 is 0 Å². The number of hydrogen-bond acceptors (Lipinski definition) is 6. The molecule has 1 amide bonds. The summed E-state index contributed by atoms with van der Waals surface area (Å²) in [4.78, 5) is 23.3. The lowest BCUT2D eigenvalue weighted by Gasteiger charge is -2.42. The maximum Gasteiger partial charge on any atom is 0.254 e. The molecule has 4 aliphatic heterocycles. The van der Waals surface area contributed by atoms with Gasteiger partial charge in [0, 0.05) is 25.5 Å². The minimum absolute atomic E-state index is 0.245. The van der Waals surface area contributed by atoms with Gasteiger partial charge in [-0.1, -0.05) is 0 Å². The van der Waals surface area contributed by atoms with E-state index in [0.717, 1.165) is 19.2 Å². The Hall–Kier alpha value is -3.23. The molecule has 6 heterocycles. The van der Waals surface area contributed by atoms with Gasteiger partial charge < -0.3 is 15.0 Å². The number of hydrogen-bond donors (Lipinski definition) is 1. The highest BCUT2D eigenvalue weighted by Crippen LogP contribution is 2.46. The van der Waals surface area contributed by atoms with E-state index in [0.29, 0.717) is 48.8 Å². The van der Waals surface area contributed by atoms with E-state index >= 15 is 0 Å². The lowest BCUT2D eigenvalue weighted by atomic mass is 9.96. The van der Waals surface area contributed by atoms with Gasteiger partial charge in [-0.15, -0.1) is 0 Å². The summed E-state index contributed by atoms with van der Waals surface area (Å²) in [7, 11) is 0. The first-order valence-electron chi connectivity index (χ1n) is 9.33. The van der Waals surface area contributed by atoms with Crippen molar-refractivity contribution in [2.75, 3.05) is 24.6 Å². The summed E-state index contributed by atoms with van der Waals surface area (Å²) in [5.74, 6) is 0.388. The second kappa shape index (κ2) is 6.43. The number of aromatic nitrogens is 4. The molecule has 2 aromatic heterocycles. The molecular formula is C19H19FN6O2. The first-order valence-corrected chi connectivity index (χ1v) is 9.33. The van der Waals surface area contributed by atoms with Gasteiger partial charge in [-0.25, -0.2) is 19.0 Å². The number of halogens is 1. The van der Waals surface area contributed by atoms with Gasteiger partial charge in [0.25, 0.3) is 5.91 Å². The fourth-order valence-electron chi connectivity index (χ4n) is 4.13. The fourth-order valence-corrected chi connectivity index (χ4v) is 4.13. The molecule has 8 nitrogen and oxygen atoms in total. The van der Waals surface area contributed by atoms with Gasteiger partial charge in [0.15, 0.2) is 5.66 Å². The lowest BCUT2D eigenvalue weighted by molar-refractivity contribution is 0.0951. The number of amides is 1. The summed E-state index contributed by atoms with van der Waals surface area (Å²) in [6.07, 6.45) is 8.16. The summed E-state index contributed by atoms with van der Waals surface area (Å²) < 4.78 is 21.9. The van der Waals surface area contributed by atoms with Crippen LogP contribution in [0.25, 0.3) is 0 Å². The van der Waals surface area contributed by atoms with Gasteiger partial charge in [-0.2, -0.15) is 5.10 Å². The Morgan fingerprint density at radius 1 is 1.21 bits per heavy atom. The largest absolute Gasteiger partial charge is 0.477 e. The van der Waals surface area contributed by atoms with Crippen molar-refractivity contribution < 1.29 is 13.9 Å². The van der Waals surface area contributed by atoms with Crippen molar-refractivity contribution in [1.82, 2.24) is 25.1 Å². The highest BCUT2D eigenvalue weighted by atomic mass is 19.1. The van der Waals surface area contributed by atoms with Crippen LogP contribution in [0, 0.1) is 5.82 Å². The molecule has 144 valence electrons. The Morgan fingerprint density at radius 2 is 2.14 bits per heavy atom. The molecule has 1 saturated heterocycles. The number of fused-ring (bicyclic) bond motifs is 3. The smallest absolute Gasteiger partial charge is 0.254 e. The lowest BCUT2D eigenvalue weighted by Crippen LogP contribution is -2.50. The summed E-state index contributed by atoms with van der Waals surface area (Å²) >= 11 is 0. The van der Waals surface area contributed by atoms with Crippen molar-refractivity contribution in [2.45, 2.75) is 24.9 Å². The third kappa shape index (κ3) is 2.49. The zero-order valence-corrected chi connectivity index (χ0v) is 15.1. The first kappa shape index (κ1) is 16.9. The van der Waals surface area contributed by atoms with E-state index in [1.165, 1.54) is 18.5 Å². The summed E-state index contributed by atoms with van der Waals surface area (Å²) in [6.45, 7) is 1.52. The maximum atomic E-state index is 14.3. The van der Waals surface area contributed by atoms with E-state index in [1.54, 1.807) is 10.9 Å². The van der Waals surface area contributed by atoms with Crippen LogP contribution < -0.4 is 15.0 Å². The average Bonchev–Trinajstić information content (AvgIpc) is 3.19. The summed E-state index contributed by atoms with van der Waals surface area (Å²) in [5.41, 5.74) is 0.170. The van der Waals surface area contributed by atoms with Crippen molar-refractivity contribution in [2.24, 2.45) is 0 Å². The molecule has 2 aromatic rings. The number of nitrogens with one attached hydrogen (secondary N) is 1. The van der Waals surface area contributed by atoms with Gasteiger partial charge in [0.1, 0.15) is 11.6 Å². The molecule has 1 atom stereocenters. The average molecular weight is 382 g/mol. The van der Waals surface area contributed by atoms with E-state index in [9.17, 15) is 9.18 Å². The van der Waals surface area contributed by atoms with Gasteiger partial charge in [0.05, 0.1) is 30.1 Å². The van der Waals surface area contributed by atoms with Crippen LogP contribution >= 0.6 is 0 Å². The monoisotopic (exact) mass is 382 g/mol. The predicted octanol–water partition coefficient (Wildman–Crippen LogP) is 1.76. The van der Waals surface area contributed by atoms with E-state index in [2.05, 4.69) is 25.3 Å². The molecule has 1 spiro atoms. The quantitative estimate of drug-likeness (QED) is 0.747. The minimum atomic E-state index is -0.803. The van der Waals surface area contributed by atoms with E-state index in [1.807, 2.05) is 6.07 Å². The highest BCUT2D eigenvalue weighted by molar-refractivity contribution is 5.93. The molecule has 4 aliphatic rings. The standard InChI is InChI=1S/C19H19FN6O2/c20-14-9-15-18(23-12-14)28-8-2-5-21-17(27)13-10-22-16-3-7-26(24-11-13)19(15)4-1-6-25(16)19/h3,7,9-12H,1-2,4-6,8H2,(H,21,27)/t19-/m1/s1. The number of rotatable bonds is 0. The third-order valence-electron chi connectivity index (χ3n) is 5.39. The predicted molar refractivity (Wildman–Crippen MR) is 97.9 cm³/mol. The Morgan fingerprint density at radius 3 is 3.07 bits per heavy atom. The molecule has 1 N–H and O–H groups in total. The summed E-state index contributed by atoms with van der Waals surface area (Å²) in [6, 6.07) is 3.31. The molecule has 0 aliphatic carbocycles. The van der Waals surface area contributed by atoms with E-state index in [4.69, 9.17) is 4.74 Å². The van der Waals surface area contributed by atoms with Crippen molar-refractivity contribution in [3.8, 4) is 5.88 Å². The number of carbonyl (C=O) groups excluding carboxylic acids is 1. The molecule has 0 radical (unpaired) electrons. The maximum absolute atomic E-state index is 14.3. The Labute approximate surface area is 160 Å². The normalized spacial score (nSPS) is 22.3. The minimum Gasteiger partial charge on any atom is -0.477 e. The second-order valence-corrected chi connectivity index (χ2v) is 7.01. The zero-order valence-electron chi connectivity index (χ0n) is 15.1. The number of anilines is 1. The Bertz CT molecular complexity index is 1010. The molecular weight excluding hydrogens is 363 g/mol. The number of nitrogens with zero attached hydrogens (tertiary/aromatic N) is 5. The molecule has 1 fully saturated rings. The molecule has 4 bridgehead atoms. The third-order valence-corrected chi connectivity index (χ3v) is 5.39. The fraction of sp³-hybridized carbons (Fsp3) is 0.368. The molecule has 0 unspecified atom stereocenters. The number of pyridine rings is 1. The topological polar surface area (TPSA) is 85.2 Å². The van der Waals surface area contributed by atoms with Crippen LogP contribution in [0.5, 0.6) is 5.88 Å². The second-order valence-electron chi connectivity index (χ2n) is 7.01. The molecule has 0 aromatic carbocycles. The van der Waals surface area contributed by atoms with Crippen molar-refractivity contribution in [3.05, 3.63) is 53.9 Å². The van der Waals surface area contributed by atoms with Crippen LogP contribution in [0.1, 0.15) is 35.2 Å². The first-order chi connectivity index (χ1) is 13.7. The summed E-state index contributed by atoms with van der Waals surface area (Å²) in [5, 5.41) is 7.42. The number of ether oxygens (including phenoxy) is 1. The molecule has 28 heavy (non-hydrogen) atoms. The van der Waals surface area contributed by atoms with Gasteiger partial charge in [-0.3, -0.25) is 4.79 Å². The molecule has 6 rings (SSSR count). The van der Waals surface area contributed by atoms with Crippen LogP contribution in [-0.2, 0) is 5.66 Å². The highest BCUT2D eigenvalue weighted by Gasteiger charge is 2.49. The van der Waals surface area contributed by atoms with Crippen LogP contribution in [-0.4, -0.2) is 45.4 Å². The Balaban J connectivity index is 1.83. The van der Waals surface area contributed by atoms with Crippen LogP contribution in [0.15, 0.2) is 36.9 Å². The van der Waals surface area contributed by atoms with E-state index in [-0.39, 0.29) is 5.91 Å². The van der Waals surface area contributed by atoms with E-state index < -0.39 is 11.5 Å². The van der Waals surface area contributed by atoms with Crippen molar-refractivity contribution >= 4 is 11.7 Å². The van der Waals surface area contributed by atoms with Crippen LogP contribution in [0.2, 0.25) is 0 Å². The molecule has 9 heteroatoms. The van der Waals surface area contributed by atoms with Gasteiger partial charge in [-0.05, 0) is 31.4 Å². The number of carbonyl (C=O) groups is 1. The van der Waals surface area contributed by atoms with Gasteiger partial charge in [0.2, 0.25) is 5.88 Å². The Kier molecular flexibility index (Phi) is 3.88. The van der Waals surface area contributed by atoms with Crippen LogP contribution in [0.3, 0.4) is 0 Å². The SMILES string of the molecule is O=C1NCCCOc2ncc(F)cc2[C@]23CCCN2c2ccn3ncc1cn2.